The van der Waals surface area contributed by atoms with Gasteiger partial charge in [-0.05, 0) is 18.7 Å². The second-order valence-corrected chi connectivity index (χ2v) is 5.89. The van der Waals surface area contributed by atoms with Crippen molar-refractivity contribution in [3.05, 3.63) is 36.0 Å². The molecule has 2 N–H and O–H groups in total. The largest absolute Gasteiger partial charge is 0.478 e. The zero-order valence-corrected chi connectivity index (χ0v) is 12.4. The molecule has 4 nitrogen and oxygen atoms in total. The molecule has 0 fully saturated rings. The lowest BCUT2D eigenvalue weighted by Crippen LogP contribution is -2.20. The third-order valence-corrected chi connectivity index (χ3v) is 4.11. The van der Waals surface area contributed by atoms with Gasteiger partial charge in [-0.3, -0.25) is 4.98 Å². The van der Waals surface area contributed by atoms with Gasteiger partial charge in [-0.25, -0.2) is 4.79 Å². The summed E-state index contributed by atoms with van der Waals surface area (Å²) in [4.78, 5) is 15.6. The van der Waals surface area contributed by atoms with Gasteiger partial charge in [0.1, 0.15) is 5.56 Å². The molecule has 0 saturated heterocycles. The molecule has 0 saturated carbocycles. The molecule has 0 aliphatic rings. The fraction of sp³-hybridized carbons (Fsp3) is 0.333. The summed E-state index contributed by atoms with van der Waals surface area (Å²) in [5.41, 5.74) is 1.68. The first-order valence-electron chi connectivity index (χ1n) is 6.58. The topological polar surface area (TPSA) is 62.2 Å². The van der Waals surface area contributed by atoms with Crippen LogP contribution in [0.3, 0.4) is 0 Å². The summed E-state index contributed by atoms with van der Waals surface area (Å²) in [5.74, 6) is 1.03. The van der Waals surface area contributed by atoms with E-state index in [1.54, 1.807) is 0 Å². The average Bonchev–Trinajstić information content (AvgIpc) is 2.45. The number of hydrogen-bond acceptors (Lipinski definition) is 4. The fourth-order valence-electron chi connectivity index (χ4n) is 2.04. The van der Waals surface area contributed by atoms with E-state index in [0.717, 1.165) is 22.4 Å². The molecule has 2 rings (SSSR count). The van der Waals surface area contributed by atoms with Crippen LogP contribution in [0.1, 0.15) is 24.2 Å². The molecule has 2 aromatic rings. The number of hydrogen-bond donors (Lipinski definition) is 2. The van der Waals surface area contributed by atoms with E-state index in [2.05, 4.69) is 24.1 Å². The second kappa shape index (κ2) is 6.61. The number of pyridine rings is 1. The molecule has 5 heteroatoms. The molecule has 0 spiro atoms. The minimum Gasteiger partial charge on any atom is -0.478 e. The van der Waals surface area contributed by atoms with Crippen LogP contribution in [0.2, 0.25) is 0 Å². The van der Waals surface area contributed by atoms with E-state index >= 15 is 0 Å². The van der Waals surface area contributed by atoms with Crippen molar-refractivity contribution in [3.63, 3.8) is 0 Å². The smallest absolute Gasteiger partial charge is 0.339 e. The van der Waals surface area contributed by atoms with Gasteiger partial charge in [-0.2, -0.15) is 11.8 Å². The van der Waals surface area contributed by atoms with E-state index in [1.807, 2.05) is 36.0 Å². The number of aromatic nitrogens is 1. The number of benzene rings is 1. The molecule has 1 atom stereocenters. The molecule has 0 radical (unpaired) electrons. The number of aromatic carboxylic acids is 1. The van der Waals surface area contributed by atoms with E-state index < -0.39 is 5.97 Å². The zero-order valence-electron chi connectivity index (χ0n) is 11.6. The van der Waals surface area contributed by atoms with E-state index in [-0.39, 0.29) is 11.6 Å². The van der Waals surface area contributed by atoms with Gasteiger partial charge in [0.2, 0.25) is 0 Å². The number of anilines is 1. The highest BCUT2D eigenvalue weighted by Gasteiger charge is 2.16. The lowest BCUT2D eigenvalue weighted by Gasteiger charge is -2.18. The highest BCUT2D eigenvalue weighted by Crippen LogP contribution is 2.27. The number of carbonyl (C=O) groups is 1. The summed E-state index contributed by atoms with van der Waals surface area (Å²) in [7, 11) is 0. The minimum absolute atomic E-state index is 0.198. The summed E-state index contributed by atoms with van der Waals surface area (Å²) in [5, 5.41) is 13.5. The molecule has 0 bridgehead atoms. The number of para-hydroxylation sites is 1. The monoisotopic (exact) mass is 290 g/mol. The summed E-state index contributed by atoms with van der Waals surface area (Å²) in [6, 6.07) is 7.78. The van der Waals surface area contributed by atoms with Crippen molar-refractivity contribution in [2.24, 2.45) is 0 Å². The van der Waals surface area contributed by atoms with Crippen molar-refractivity contribution in [1.29, 1.82) is 0 Å². The van der Waals surface area contributed by atoms with Crippen LogP contribution in [0.5, 0.6) is 0 Å². The minimum atomic E-state index is -0.957. The molecular weight excluding hydrogens is 272 g/mol. The maximum atomic E-state index is 11.4. The molecule has 1 unspecified atom stereocenters. The van der Waals surface area contributed by atoms with Crippen LogP contribution >= 0.6 is 11.8 Å². The molecule has 1 heterocycles. The van der Waals surface area contributed by atoms with Gasteiger partial charge in [0, 0.05) is 23.4 Å². The lowest BCUT2D eigenvalue weighted by atomic mass is 10.1. The normalized spacial score (nSPS) is 12.3. The second-order valence-electron chi connectivity index (χ2n) is 4.57. The molecule has 1 aromatic carbocycles. The number of carboxylic acids is 1. The highest BCUT2D eigenvalue weighted by molar-refractivity contribution is 7.99. The van der Waals surface area contributed by atoms with Crippen LogP contribution in [-0.4, -0.2) is 33.6 Å². The summed E-state index contributed by atoms with van der Waals surface area (Å²) in [6.07, 6.45) is 1.42. The summed E-state index contributed by atoms with van der Waals surface area (Å²) in [6.45, 7) is 4.17. The zero-order chi connectivity index (χ0) is 14.5. The Kier molecular flexibility index (Phi) is 4.84. The molecule has 1 aromatic heterocycles. The molecule has 0 amide bonds. The molecule has 0 aliphatic heterocycles. The highest BCUT2D eigenvalue weighted by atomic mass is 32.2. The van der Waals surface area contributed by atoms with E-state index in [4.69, 9.17) is 0 Å². The van der Waals surface area contributed by atoms with Crippen LogP contribution in [-0.2, 0) is 0 Å². The third kappa shape index (κ3) is 3.22. The Labute approximate surface area is 122 Å². The van der Waals surface area contributed by atoms with Gasteiger partial charge in [0.05, 0.1) is 11.2 Å². The SMILES string of the molecule is CCSCC(C)Nc1c(C(=O)O)cnc2ccccc12. The van der Waals surface area contributed by atoms with Gasteiger partial charge < -0.3 is 10.4 Å². The third-order valence-electron chi connectivity index (χ3n) is 2.97. The van der Waals surface area contributed by atoms with Crippen LogP contribution in [0.4, 0.5) is 5.69 Å². The van der Waals surface area contributed by atoms with Gasteiger partial charge in [0.15, 0.2) is 0 Å². The summed E-state index contributed by atoms with van der Waals surface area (Å²) >= 11 is 1.83. The standard InChI is InChI=1S/C15H18N2O2S/c1-3-20-9-10(2)17-14-11-6-4-5-7-13(11)16-8-12(14)15(18)19/h4-8,10H,3,9H2,1-2H3,(H,16,17)(H,18,19). The van der Waals surface area contributed by atoms with E-state index in [1.165, 1.54) is 6.20 Å². The lowest BCUT2D eigenvalue weighted by molar-refractivity contribution is 0.0697. The number of nitrogens with zero attached hydrogens (tertiary/aromatic N) is 1. The molecular formula is C15H18N2O2S. The van der Waals surface area contributed by atoms with Crippen LogP contribution in [0.25, 0.3) is 10.9 Å². The van der Waals surface area contributed by atoms with Crippen molar-refractivity contribution in [2.45, 2.75) is 19.9 Å². The Hall–Kier alpha value is -1.75. The molecule has 20 heavy (non-hydrogen) atoms. The predicted octanol–water partition coefficient (Wildman–Crippen LogP) is 3.49. The average molecular weight is 290 g/mol. The Morgan fingerprint density at radius 1 is 1.45 bits per heavy atom. The van der Waals surface area contributed by atoms with Crippen LogP contribution < -0.4 is 5.32 Å². The van der Waals surface area contributed by atoms with Gasteiger partial charge in [0.25, 0.3) is 0 Å². The predicted molar refractivity (Wildman–Crippen MR) is 84.8 cm³/mol. The Bertz CT molecular complexity index is 616. The maximum absolute atomic E-state index is 11.4. The van der Waals surface area contributed by atoms with E-state index in [9.17, 15) is 9.90 Å². The number of rotatable bonds is 6. The Balaban J connectivity index is 2.41. The van der Waals surface area contributed by atoms with Crippen molar-refractivity contribution >= 4 is 34.3 Å². The van der Waals surface area contributed by atoms with Gasteiger partial charge in [-0.15, -0.1) is 0 Å². The van der Waals surface area contributed by atoms with Crippen molar-refractivity contribution in [2.75, 3.05) is 16.8 Å². The van der Waals surface area contributed by atoms with E-state index in [0.29, 0.717) is 5.69 Å². The van der Waals surface area contributed by atoms with Crippen molar-refractivity contribution in [3.8, 4) is 0 Å². The van der Waals surface area contributed by atoms with Gasteiger partial charge in [-0.1, -0.05) is 25.1 Å². The fourth-order valence-corrected chi connectivity index (χ4v) is 2.71. The van der Waals surface area contributed by atoms with Crippen LogP contribution in [0, 0.1) is 0 Å². The molecule has 106 valence electrons. The Morgan fingerprint density at radius 3 is 2.90 bits per heavy atom. The van der Waals surface area contributed by atoms with Crippen molar-refractivity contribution in [1.82, 2.24) is 4.98 Å². The van der Waals surface area contributed by atoms with Crippen molar-refractivity contribution < 1.29 is 9.90 Å². The summed E-state index contributed by atoms with van der Waals surface area (Å²) < 4.78 is 0. The number of carboxylic acid groups (broad SMARTS) is 1. The number of thioether (sulfide) groups is 1. The first-order valence-corrected chi connectivity index (χ1v) is 7.74. The van der Waals surface area contributed by atoms with Gasteiger partial charge >= 0.3 is 5.97 Å². The quantitative estimate of drug-likeness (QED) is 0.852. The van der Waals surface area contributed by atoms with Crippen LogP contribution in [0.15, 0.2) is 30.5 Å². The molecule has 0 aliphatic carbocycles. The first kappa shape index (κ1) is 14.7. The maximum Gasteiger partial charge on any atom is 0.339 e. The number of nitrogens with one attached hydrogen (secondary N) is 1. The number of fused-ring (bicyclic) bond motifs is 1. The first-order chi connectivity index (χ1) is 9.63. The Morgan fingerprint density at radius 2 is 2.20 bits per heavy atom.